The van der Waals surface area contributed by atoms with Crippen LogP contribution in [-0.2, 0) is 9.47 Å². The number of nitrogens with one attached hydrogen (secondary N) is 1. The summed E-state index contributed by atoms with van der Waals surface area (Å²) >= 11 is 0. The Bertz CT molecular complexity index is 290. The topological polar surface area (TPSA) is 33.7 Å². The molecule has 2 aliphatic heterocycles. The standard InChI is InChI=1S/C14H26N2O2/c1-12-3-5-14(6-4-12)15-9-13(11-18-14)10-17-8-7-16(13)2/h12,15H,3-11H2,1-2H3. The Kier molecular flexibility index (Phi) is 3.39. The molecule has 4 heteroatoms. The fourth-order valence-corrected chi connectivity index (χ4v) is 3.40. The van der Waals surface area contributed by atoms with Crippen LogP contribution in [0.3, 0.4) is 0 Å². The molecule has 0 aromatic carbocycles. The van der Waals surface area contributed by atoms with Crippen molar-refractivity contribution in [2.75, 3.05) is 40.0 Å². The minimum Gasteiger partial charge on any atom is -0.378 e. The zero-order valence-electron chi connectivity index (χ0n) is 11.7. The van der Waals surface area contributed by atoms with Crippen LogP contribution in [0.4, 0.5) is 0 Å². The van der Waals surface area contributed by atoms with Gasteiger partial charge in [0.05, 0.1) is 25.4 Å². The third-order valence-corrected chi connectivity index (χ3v) is 5.19. The highest BCUT2D eigenvalue weighted by atomic mass is 16.5. The van der Waals surface area contributed by atoms with Crippen molar-refractivity contribution in [3.8, 4) is 0 Å². The Morgan fingerprint density at radius 3 is 2.61 bits per heavy atom. The van der Waals surface area contributed by atoms with E-state index in [4.69, 9.17) is 9.47 Å². The fourth-order valence-electron chi connectivity index (χ4n) is 3.40. The molecule has 2 saturated heterocycles. The van der Waals surface area contributed by atoms with Gasteiger partial charge in [0.25, 0.3) is 0 Å². The Morgan fingerprint density at radius 1 is 1.22 bits per heavy atom. The molecule has 2 heterocycles. The molecule has 1 unspecified atom stereocenters. The number of morpholine rings is 1. The number of likely N-dealkylation sites (N-methyl/N-ethyl adjacent to an activating group) is 1. The van der Waals surface area contributed by atoms with Gasteiger partial charge >= 0.3 is 0 Å². The number of ether oxygens (including phenoxy) is 2. The second-order valence-corrected chi connectivity index (χ2v) is 6.52. The molecular weight excluding hydrogens is 228 g/mol. The first kappa shape index (κ1) is 12.9. The summed E-state index contributed by atoms with van der Waals surface area (Å²) in [4.78, 5) is 2.40. The van der Waals surface area contributed by atoms with Crippen LogP contribution in [0.2, 0.25) is 0 Å². The lowest BCUT2D eigenvalue weighted by molar-refractivity contribution is -0.196. The van der Waals surface area contributed by atoms with Gasteiger partial charge in [0.1, 0.15) is 5.72 Å². The SMILES string of the molecule is CC1CCC2(CC1)NCC1(COCCN1C)CO2. The minimum absolute atomic E-state index is 0.0317. The van der Waals surface area contributed by atoms with Gasteiger partial charge in [0, 0.05) is 13.1 Å². The predicted molar refractivity (Wildman–Crippen MR) is 70.5 cm³/mol. The summed E-state index contributed by atoms with van der Waals surface area (Å²) in [6.07, 6.45) is 4.89. The fraction of sp³-hybridized carbons (Fsp3) is 1.00. The Hall–Kier alpha value is -0.160. The highest BCUT2D eigenvalue weighted by Crippen LogP contribution is 2.37. The second kappa shape index (κ2) is 4.75. The molecule has 104 valence electrons. The lowest BCUT2D eigenvalue weighted by Gasteiger charge is -2.53. The van der Waals surface area contributed by atoms with Crippen LogP contribution in [0, 0.1) is 5.92 Å². The number of rotatable bonds is 0. The van der Waals surface area contributed by atoms with Crippen LogP contribution >= 0.6 is 0 Å². The molecule has 1 N–H and O–H groups in total. The van der Waals surface area contributed by atoms with Crippen LogP contribution in [0.5, 0.6) is 0 Å². The molecule has 1 saturated carbocycles. The molecule has 3 aliphatic rings. The summed E-state index contributed by atoms with van der Waals surface area (Å²) in [5.74, 6) is 0.859. The lowest BCUT2D eigenvalue weighted by Crippen LogP contribution is -2.71. The number of nitrogens with zero attached hydrogens (tertiary/aromatic N) is 1. The number of hydrogen-bond acceptors (Lipinski definition) is 4. The smallest absolute Gasteiger partial charge is 0.119 e. The molecule has 2 spiro atoms. The predicted octanol–water partition coefficient (Wildman–Crippen LogP) is 1.21. The molecule has 0 radical (unpaired) electrons. The Morgan fingerprint density at radius 2 is 2.00 bits per heavy atom. The molecule has 1 atom stereocenters. The molecule has 1 aliphatic carbocycles. The van der Waals surface area contributed by atoms with Crippen molar-refractivity contribution in [2.45, 2.75) is 43.9 Å². The molecule has 0 aromatic rings. The summed E-state index contributed by atoms with van der Waals surface area (Å²) in [5, 5.41) is 3.70. The van der Waals surface area contributed by atoms with E-state index in [1.165, 1.54) is 12.8 Å². The van der Waals surface area contributed by atoms with E-state index in [2.05, 4.69) is 24.2 Å². The molecule has 0 bridgehead atoms. The van der Waals surface area contributed by atoms with Crippen LogP contribution < -0.4 is 5.32 Å². The molecule has 0 amide bonds. The number of hydrogen-bond donors (Lipinski definition) is 1. The normalized spacial score (nSPS) is 46.7. The highest BCUT2D eigenvalue weighted by molar-refractivity contribution is 5.01. The van der Waals surface area contributed by atoms with E-state index in [9.17, 15) is 0 Å². The van der Waals surface area contributed by atoms with E-state index in [0.717, 1.165) is 51.7 Å². The van der Waals surface area contributed by atoms with Crippen molar-refractivity contribution in [3.63, 3.8) is 0 Å². The van der Waals surface area contributed by atoms with Crippen molar-refractivity contribution < 1.29 is 9.47 Å². The molecule has 3 fully saturated rings. The first-order valence-corrected chi connectivity index (χ1v) is 7.32. The maximum atomic E-state index is 6.29. The first-order valence-electron chi connectivity index (χ1n) is 7.32. The first-order chi connectivity index (χ1) is 8.64. The molecule has 18 heavy (non-hydrogen) atoms. The van der Waals surface area contributed by atoms with E-state index < -0.39 is 0 Å². The van der Waals surface area contributed by atoms with Crippen molar-refractivity contribution in [1.29, 1.82) is 0 Å². The van der Waals surface area contributed by atoms with Gasteiger partial charge in [-0.25, -0.2) is 0 Å². The van der Waals surface area contributed by atoms with Crippen LogP contribution in [-0.4, -0.2) is 56.1 Å². The van der Waals surface area contributed by atoms with Crippen molar-refractivity contribution in [3.05, 3.63) is 0 Å². The van der Waals surface area contributed by atoms with Gasteiger partial charge in [-0.3, -0.25) is 10.2 Å². The maximum absolute atomic E-state index is 6.29. The van der Waals surface area contributed by atoms with Gasteiger partial charge in [-0.05, 0) is 38.6 Å². The Balaban J connectivity index is 1.63. The van der Waals surface area contributed by atoms with Crippen molar-refractivity contribution >= 4 is 0 Å². The molecule has 3 rings (SSSR count). The summed E-state index contributed by atoms with van der Waals surface area (Å²) in [6, 6.07) is 0. The largest absolute Gasteiger partial charge is 0.378 e. The molecular formula is C14H26N2O2. The summed E-state index contributed by atoms with van der Waals surface area (Å²) in [5.41, 5.74) is 0.0304. The molecule has 0 aromatic heterocycles. The summed E-state index contributed by atoms with van der Waals surface area (Å²) < 4.78 is 12.0. The van der Waals surface area contributed by atoms with Crippen LogP contribution in [0.15, 0.2) is 0 Å². The zero-order valence-corrected chi connectivity index (χ0v) is 11.7. The average Bonchev–Trinajstić information content (AvgIpc) is 2.40. The van der Waals surface area contributed by atoms with Gasteiger partial charge in [0.15, 0.2) is 0 Å². The molecule has 4 nitrogen and oxygen atoms in total. The second-order valence-electron chi connectivity index (χ2n) is 6.52. The van der Waals surface area contributed by atoms with Gasteiger partial charge in [-0.2, -0.15) is 0 Å². The Labute approximate surface area is 110 Å². The lowest BCUT2D eigenvalue weighted by atomic mass is 9.82. The van der Waals surface area contributed by atoms with Crippen molar-refractivity contribution in [1.82, 2.24) is 10.2 Å². The maximum Gasteiger partial charge on any atom is 0.119 e. The van der Waals surface area contributed by atoms with Gasteiger partial charge in [0.2, 0.25) is 0 Å². The van der Waals surface area contributed by atoms with E-state index >= 15 is 0 Å². The van der Waals surface area contributed by atoms with Crippen LogP contribution in [0.1, 0.15) is 32.6 Å². The van der Waals surface area contributed by atoms with Gasteiger partial charge in [-0.1, -0.05) is 6.92 Å². The highest BCUT2D eigenvalue weighted by Gasteiger charge is 2.47. The monoisotopic (exact) mass is 254 g/mol. The van der Waals surface area contributed by atoms with E-state index in [0.29, 0.717) is 0 Å². The van der Waals surface area contributed by atoms with E-state index in [1.54, 1.807) is 0 Å². The van der Waals surface area contributed by atoms with Crippen LogP contribution in [0.25, 0.3) is 0 Å². The van der Waals surface area contributed by atoms with Gasteiger partial charge < -0.3 is 9.47 Å². The summed E-state index contributed by atoms with van der Waals surface area (Å²) in [6.45, 7) is 6.81. The van der Waals surface area contributed by atoms with Gasteiger partial charge in [-0.15, -0.1) is 0 Å². The third kappa shape index (κ3) is 2.20. The average molecular weight is 254 g/mol. The van der Waals surface area contributed by atoms with E-state index in [-0.39, 0.29) is 11.3 Å². The minimum atomic E-state index is -0.0317. The summed E-state index contributed by atoms with van der Waals surface area (Å²) in [7, 11) is 2.19. The van der Waals surface area contributed by atoms with E-state index in [1.807, 2.05) is 0 Å². The third-order valence-electron chi connectivity index (χ3n) is 5.19. The zero-order chi connectivity index (χ0) is 12.6. The van der Waals surface area contributed by atoms with Crippen molar-refractivity contribution in [2.24, 2.45) is 5.92 Å². The quantitative estimate of drug-likeness (QED) is 0.704.